The van der Waals surface area contributed by atoms with Crippen molar-refractivity contribution in [2.24, 2.45) is 5.92 Å². The molecule has 2 rings (SSSR count). The van der Waals surface area contributed by atoms with Crippen LogP contribution in [0, 0.1) is 19.8 Å². The first kappa shape index (κ1) is 19.3. The van der Waals surface area contributed by atoms with Gasteiger partial charge in [-0.2, -0.15) is 0 Å². The van der Waals surface area contributed by atoms with Gasteiger partial charge in [0.15, 0.2) is 0 Å². The van der Waals surface area contributed by atoms with Gasteiger partial charge in [-0.05, 0) is 69.5 Å². The first-order valence-corrected chi connectivity index (χ1v) is 10.3. The molecule has 0 spiro atoms. The summed E-state index contributed by atoms with van der Waals surface area (Å²) in [7, 11) is 0. The minimum Gasteiger partial charge on any atom is -0.356 e. The number of hydrogen-bond acceptors (Lipinski definition) is 3. The van der Waals surface area contributed by atoms with Gasteiger partial charge in [-0.25, -0.2) is 0 Å². The van der Waals surface area contributed by atoms with Crippen LogP contribution in [0.4, 0.5) is 0 Å². The number of carbonyl (C=O) groups is 1. The minimum absolute atomic E-state index is 0.227. The molecule has 1 aliphatic rings. The molecule has 1 heterocycles. The van der Waals surface area contributed by atoms with Crippen LogP contribution in [-0.2, 0) is 4.79 Å². The fourth-order valence-electron chi connectivity index (χ4n) is 3.05. The van der Waals surface area contributed by atoms with Gasteiger partial charge >= 0.3 is 0 Å². The number of benzene rings is 1. The molecule has 1 aromatic carbocycles. The molecule has 0 aliphatic carbocycles. The smallest absolute Gasteiger partial charge is 0.223 e. The number of unbranched alkanes of at least 4 members (excludes halogenated alkanes) is 1. The number of nitrogens with one attached hydrogen (secondary N) is 1. The molecule has 1 aliphatic heterocycles. The van der Waals surface area contributed by atoms with Crippen LogP contribution in [0.25, 0.3) is 0 Å². The van der Waals surface area contributed by atoms with Gasteiger partial charge in [-0.3, -0.25) is 4.79 Å². The van der Waals surface area contributed by atoms with E-state index in [2.05, 4.69) is 49.2 Å². The van der Waals surface area contributed by atoms with E-state index in [1.165, 1.54) is 16.0 Å². The van der Waals surface area contributed by atoms with Gasteiger partial charge in [0.2, 0.25) is 5.91 Å². The van der Waals surface area contributed by atoms with Gasteiger partial charge in [0.25, 0.3) is 0 Å². The number of carbonyl (C=O) groups excluding carboxylic acids is 1. The van der Waals surface area contributed by atoms with Gasteiger partial charge in [0.05, 0.1) is 0 Å². The Labute approximate surface area is 151 Å². The maximum absolute atomic E-state index is 12.1. The third-order valence-corrected chi connectivity index (χ3v) is 5.92. The summed E-state index contributed by atoms with van der Waals surface area (Å²) in [6, 6.07) is 6.72. The maximum atomic E-state index is 12.1. The highest BCUT2D eigenvalue weighted by molar-refractivity contribution is 7.99. The zero-order chi connectivity index (χ0) is 17.4. The highest BCUT2D eigenvalue weighted by Gasteiger charge is 2.24. The number of rotatable bonds is 8. The molecule has 1 fully saturated rings. The second kappa shape index (κ2) is 10.1. The Hall–Kier alpha value is -1.00. The monoisotopic (exact) mass is 348 g/mol. The van der Waals surface area contributed by atoms with E-state index in [4.69, 9.17) is 0 Å². The lowest BCUT2D eigenvalue weighted by atomic mass is 9.96. The fraction of sp³-hybridized carbons (Fsp3) is 0.650. The van der Waals surface area contributed by atoms with E-state index < -0.39 is 0 Å². The van der Waals surface area contributed by atoms with Crippen molar-refractivity contribution in [3.05, 3.63) is 29.3 Å². The zero-order valence-corrected chi connectivity index (χ0v) is 16.3. The Morgan fingerprint density at radius 1 is 1.25 bits per heavy atom. The summed E-state index contributed by atoms with van der Waals surface area (Å²) >= 11 is 1.94. The van der Waals surface area contributed by atoms with E-state index >= 15 is 0 Å². The minimum atomic E-state index is 0.227. The molecule has 0 bridgehead atoms. The van der Waals surface area contributed by atoms with E-state index in [9.17, 15) is 4.79 Å². The van der Waals surface area contributed by atoms with Crippen LogP contribution in [0.2, 0.25) is 0 Å². The number of likely N-dealkylation sites (tertiary alicyclic amines) is 1. The van der Waals surface area contributed by atoms with E-state index in [-0.39, 0.29) is 11.8 Å². The summed E-state index contributed by atoms with van der Waals surface area (Å²) in [5, 5.41) is 3.08. The molecule has 0 atom stereocenters. The van der Waals surface area contributed by atoms with Crippen LogP contribution in [0.1, 0.15) is 43.7 Å². The van der Waals surface area contributed by atoms with Crippen molar-refractivity contribution in [2.45, 2.75) is 51.3 Å². The summed E-state index contributed by atoms with van der Waals surface area (Å²) in [4.78, 5) is 16.0. The van der Waals surface area contributed by atoms with Crippen LogP contribution in [0.3, 0.4) is 0 Å². The highest BCUT2D eigenvalue weighted by Crippen LogP contribution is 2.22. The quantitative estimate of drug-likeness (QED) is 0.569. The van der Waals surface area contributed by atoms with Crippen molar-refractivity contribution >= 4 is 17.7 Å². The lowest BCUT2D eigenvalue weighted by Gasteiger charge is -2.31. The van der Waals surface area contributed by atoms with Crippen molar-refractivity contribution in [2.75, 3.05) is 31.9 Å². The topological polar surface area (TPSA) is 32.3 Å². The van der Waals surface area contributed by atoms with Gasteiger partial charge < -0.3 is 10.2 Å². The van der Waals surface area contributed by atoms with Crippen LogP contribution in [0.5, 0.6) is 0 Å². The molecule has 4 heteroatoms. The predicted molar refractivity (Wildman–Crippen MR) is 104 cm³/mol. The molecule has 0 unspecified atom stereocenters. The zero-order valence-electron chi connectivity index (χ0n) is 15.4. The average molecular weight is 349 g/mol. The van der Waals surface area contributed by atoms with Crippen molar-refractivity contribution in [1.82, 2.24) is 10.2 Å². The Morgan fingerprint density at radius 3 is 2.67 bits per heavy atom. The van der Waals surface area contributed by atoms with E-state index in [0.717, 1.165) is 57.6 Å². The van der Waals surface area contributed by atoms with Crippen LogP contribution < -0.4 is 5.32 Å². The summed E-state index contributed by atoms with van der Waals surface area (Å²) < 4.78 is 0. The molecule has 3 nitrogen and oxygen atoms in total. The average Bonchev–Trinajstić information content (AvgIpc) is 2.59. The van der Waals surface area contributed by atoms with E-state index in [0.29, 0.717) is 0 Å². The molecule has 24 heavy (non-hydrogen) atoms. The highest BCUT2D eigenvalue weighted by atomic mass is 32.2. The summed E-state index contributed by atoms with van der Waals surface area (Å²) in [6.07, 6.45) is 4.23. The summed E-state index contributed by atoms with van der Waals surface area (Å²) in [5.41, 5.74) is 2.73. The largest absolute Gasteiger partial charge is 0.356 e. The van der Waals surface area contributed by atoms with Crippen molar-refractivity contribution < 1.29 is 4.79 Å². The molecular formula is C20H32N2OS. The SMILES string of the molecule is CCCCNC(=O)C1CCN(CCSc2ccc(C)c(C)c2)CC1. The Balaban J connectivity index is 1.64. The lowest BCUT2D eigenvalue weighted by molar-refractivity contribution is -0.126. The third kappa shape index (κ3) is 6.14. The van der Waals surface area contributed by atoms with Crippen molar-refractivity contribution in [3.8, 4) is 0 Å². The van der Waals surface area contributed by atoms with Gasteiger partial charge in [-0.15, -0.1) is 11.8 Å². The first-order chi connectivity index (χ1) is 11.6. The standard InChI is InChI=1S/C20H32N2OS/c1-4-5-10-21-20(23)18-8-11-22(12-9-18)13-14-24-19-7-6-16(2)17(3)15-19/h6-7,15,18H,4-5,8-14H2,1-3H3,(H,21,23). The molecule has 0 saturated carbocycles. The summed E-state index contributed by atoms with van der Waals surface area (Å²) in [6.45, 7) is 10.5. The number of nitrogens with zero attached hydrogens (tertiary/aromatic N) is 1. The summed E-state index contributed by atoms with van der Waals surface area (Å²) in [5.74, 6) is 1.62. The van der Waals surface area contributed by atoms with E-state index in [1.54, 1.807) is 0 Å². The Bertz CT molecular complexity index is 524. The number of amides is 1. The first-order valence-electron chi connectivity index (χ1n) is 9.30. The van der Waals surface area contributed by atoms with E-state index in [1.807, 2.05) is 11.8 Å². The molecular weight excluding hydrogens is 316 g/mol. The van der Waals surface area contributed by atoms with Crippen LogP contribution in [-0.4, -0.2) is 42.7 Å². The molecule has 1 amide bonds. The molecule has 1 aromatic rings. The molecule has 1 saturated heterocycles. The van der Waals surface area contributed by atoms with Gasteiger partial charge in [0.1, 0.15) is 0 Å². The maximum Gasteiger partial charge on any atom is 0.223 e. The number of piperidine rings is 1. The third-order valence-electron chi connectivity index (χ3n) is 4.94. The molecule has 0 radical (unpaired) electrons. The number of hydrogen-bond donors (Lipinski definition) is 1. The normalized spacial score (nSPS) is 16.3. The Morgan fingerprint density at radius 2 is 2.00 bits per heavy atom. The molecule has 134 valence electrons. The van der Waals surface area contributed by atoms with Crippen molar-refractivity contribution in [3.63, 3.8) is 0 Å². The lowest BCUT2D eigenvalue weighted by Crippen LogP contribution is -2.41. The number of thioether (sulfide) groups is 1. The number of aryl methyl sites for hydroxylation is 2. The molecule has 0 aromatic heterocycles. The predicted octanol–water partition coefficient (Wildman–Crippen LogP) is 4.02. The second-order valence-corrected chi connectivity index (χ2v) is 8.02. The van der Waals surface area contributed by atoms with Crippen molar-refractivity contribution in [1.29, 1.82) is 0 Å². The molecule has 1 N–H and O–H groups in total. The Kier molecular flexibility index (Phi) is 8.13. The van der Waals surface area contributed by atoms with Gasteiger partial charge in [0, 0.05) is 29.7 Å². The fourth-order valence-corrected chi connectivity index (χ4v) is 4.06. The van der Waals surface area contributed by atoms with Crippen LogP contribution >= 0.6 is 11.8 Å². The van der Waals surface area contributed by atoms with Gasteiger partial charge in [-0.1, -0.05) is 19.4 Å². The van der Waals surface area contributed by atoms with Crippen LogP contribution in [0.15, 0.2) is 23.1 Å². The second-order valence-electron chi connectivity index (χ2n) is 6.86.